The number of anilines is 1. The molecule has 0 bridgehead atoms. The fourth-order valence-electron chi connectivity index (χ4n) is 2.05. The number of carbonyl (C=O) groups excluding carboxylic acids is 1. The van der Waals surface area contributed by atoms with E-state index in [4.69, 9.17) is 0 Å². The van der Waals surface area contributed by atoms with Crippen LogP contribution >= 0.6 is 15.9 Å². The van der Waals surface area contributed by atoms with Gasteiger partial charge in [-0.3, -0.25) is 4.79 Å². The van der Waals surface area contributed by atoms with Crippen LogP contribution in [0.2, 0.25) is 0 Å². The van der Waals surface area contributed by atoms with E-state index in [1.165, 1.54) is 0 Å². The maximum atomic E-state index is 12.5. The van der Waals surface area contributed by atoms with E-state index in [0.717, 1.165) is 15.8 Å². The van der Waals surface area contributed by atoms with Crippen molar-refractivity contribution in [2.24, 2.45) is 0 Å². The zero-order chi connectivity index (χ0) is 15.5. The van der Waals surface area contributed by atoms with Crippen molar-refractivity contribution in [2.75, 3.05) is 11.9 Å². The van der Waals surface area contributed by atoms with Crippen molar-refractivity contribution >= 4 is 27.5 Å². The normalized spacial score (nSPS) is 10.5. The number of halogens is 1. The van der Waals surface area contributed by atoms with Crippen LogP contribution in [0.4, 0.5) is 5.69 Å². The maximum Gasteiger partial charge on any atom is 0.280 e. The van der Waals surface area contributed by atoms with Crippen LogP contribution in [0.5, 0.6) is 0 Å². The predicted octanol–water partition coefficient (Wildman–Crippen LogP) is 3.31. The Kier molecular flexibility index (Phi) is 4.02. The molecule has 1 aromatic heterocycles. The summed E-state index contributed by atoms with van der Waals surface area (Å²) in [7, 11) is 1.72. The van der Waals surface area contributed by atoms with Crippen LogP contribution < -0.4 is 4.90 Å². The monoisotopic (exact) mass is 356 g/mol. The number of benzene rings is 2. The largest absolute Gasteiger partial charge is 0.310 e. The second kappa shape index (κ2) is 6.11. The molecule has 6 heteroatoms. The second-order valence-electron chi connectivity index (χ2n) is 4.73. The molecule has 22 heavy (non-hydrogen) atoms. The molecule has 3 aromatic rings. The molecule has 110 valence electrons. The zero-order valence-corrected chi connectivity index (χ0v) is 13.4. The van der Waals surface area contributed by atoms with E-state index in [0.29, 0.717) is 5.69 Å². The van der Waals surface area contributed by atoms with E-state index in [-0.39, 0.29) is 5.91 Å². The van der Waals surface area contributed by atoms with Crippen molar-refractivity contribution in [2.45, 2.75) is 0 Å². The SMILES string of the molecule is CN(C(=O)c1cn(-c2cccc(Br)c2)nn1)c1ccccc1. The summed E-state index contributed by atoms with van der Waals surface area (Å²) in [5, 5.41) is 8.00. The van der Waals surface area contributed by atoms with Gasteiger partial charge < -0.3 is 4.90 Å². The van der Waals surface area contributed by atoms with E-state index in [9.17, 15) is 4.79 Å². The molecule has 0 unspecified atom stereocenters. The number of amides is 1. The highest BCUT2D eigenvalue weighted by atomic mass is 79.9. The Balaban J connectivity index is 1.86. The predicted molar refractivity (Wildman–Crippen MR) is 88.2 cm³/mol. The Hall–Kier alpha value is -2.47. The van der Waals surface area contributed by atoms with Crippen LogP contribution in [-0.2, 0) is 0 Å². The van der Waals surface area contributed by atoms with E-state index >= 15 is 0 Å². The van der Waals surface area contributed by atoms with Crippen molar-refractivity contribution in [3.05, 3.63) is 71.0 Å². The van der Waals surface area contributed by atoms with Gasteiger partial charge in [-0.05, 0) is 30.3 Å². The number of hydrogen-bond acceptors (Lipinski definition) is 3. The van der Waals surface area contributed by atoms with Gasteiger partial charge in [0.2, 0.25) is 0 Å². The van der Waals surface area contributed by atoms with E-state index < -0.39 is 0 Å². The lowest BCUT2D eigenvalue weighted by Crippen LogP contribution is -2.26. The van der Waals surface area contributed by atoms with E-state index in [2.05, 4.69) is 26.2 Å². The average Bonchev–Trinajstić information content (AvgIpc) is 3.04. The summed E-state index contributed by atoms with van der Waals surface area (Å²) in [6, 6.07) is 17.1. The Morgan fingerprint density at radius 2 is 1.91 bits per heavy atom. The van der Waals surface area contributed by atoms with Crippen LogP contribution in [0.3, 0.4) is 0 Å². The topological polar surface area (TPSA) is 51.0 Å². The Labute approximate surface area is 136 Å². The summed E-state index contributed by atoms with van der Waals surface area (Å²) in [6.45, 7) is 0. The third kappa shape index (κ3) is 2.92. The number of para-hydroxylation sites is 1. The maximum absolute atomic E-state index is 12.5. The second-order valence-corrected chi connectivity index (χ2v) is 5.64. The molecule has 0 aliphatic carbocycles. The van der Waals surface area contributed by atoms with E-state index in [1.807, 2.05) is 54.6 Å². The molecule has 0 radical (unpaired) electrons. The quantitative estimate of drug-likeness (QED) is 0.723. The van der Waals surface area contributed by atoms with Crippen molar-refractivity contribution in [3.63, 3.8) is 0 Å². The standard InChI is InChI=1S/C16H13BrN4O/c1-20(13-7-3-2-4-8-13)16(22)15-11-21(19-18-15)14-9-5-6-12(17)10-14/h2-11H,1H3. The van der Waals surface area contributed by atoms with Gasteiger partial charge >= 0.3 is 0 Å². The summed E-state index contributed by atoms with van der Waals surface area (Å²) in [5.74, 6) is -0.201. The summed E-state index contributed by atoms with van der Waals surface area (Å²) < 4.78 is 2.52. The van der Waals surface area contributed by atoms with Gasteiger partial charge in [0.25, 0.3) is 5.91 Å². The molecule has 0 N–H and O–H groups in total. The number of hydrogen-bond donors (Lipinski definition) is 0. The van der Waals surface area contributed by atoms with Crippen molar-refractivity contribution in [1.82, 2.24) is 15.0 Å². The lowest BCUT2D eigenvalue weighted by molar-refractivity contribution is 0.0988. The Morgan fingerprint density at radius 3 is 2.64 bits per heavy atom. The van der Waals surface area contributed by atoms with E-state index in [1.54, 1.807) is 22.8 Å². The molecule has 0 aliphatic heterocycles. The van der Waals surface area contributed by atoms with Crippen LogP contribution in [0, 0.1) is 0 Å². The van der Waals surface area contributed by atoms with Crippen molar-refractivity contribution in [3.8, 4) is 5.69 Å². The first-order valence-corrected chi connectivity index (χ1v) is 7.46. The third-order valence-corrected chi connectivity index (χ3v) is 3.73. The van der Waals surface area contributed by atoms with Gasteiger partial charge in [0, 0.05) is 17.2 Å². The highest BCUT2D eigenvalue weighted by Gasteiger charge is 2.17. The van der Waals surface area contributed by atoms with Gasteiger partial charge in [-0.15, -0.1) is 5.10 Å². The molecule has 3 rings (SSSR count). The molecule has 0 fully saturated rings. The molecular formula is C16H13BrN4O. The molecule has 5 nitrogen and oxygen atoms in total. The number of aromatic nitrogens is 3. The highest BCUT2D eigenvalue weighted by Crippen LogP contribution is 2.16. The molecule has 0 saturated heterocycles. The Bertz CT molecular complexity index is 801. The summed E-state index contributed by atoms with van der Waals surface area (Å²) in [5.41, 5.74) is 1.94. The molecule has 0 aliphatic rings. The summed E-state index contributed by atoms with van der Waals surface area (Å²) >= 11 is 3.41. The minimum absolute atomic E-state index is 0.201. The molecule has 0 spiro atoms. The van der Waals surface area contributed by atoms with Crippen LogP contribution in [0.1, 0.15) is 10.5 Å². The fourth-order valence-corrected chi connectivity index (χ4v) is 2.43. The number of nitrogens with zero attached hydrogens (tertiary/aromatic N) is 4. The van der Waals surface area contributed by atoms with Gasteiger partial charge in [0.1, 0.15) is 0 Å². The van der Waals surface area contributed by atoms with Crippen LogP contribution in [-0.4, -0.2) is 27.9 Å². The van der Waals surface area contributed by atoms with Gasteiger partial charge in [0.15, 0.2) is 5.69 Å². The molecule has 2 aromatic carbocycles. The first-order chi connectivity index (χ1) is 10.6. The molecule has 0 saturated carbocycles. The number of carbonyl (C=O) groups is 1. The summed E-state index contributed by atoms with van der Waals surface area (Å²) in [6.07, 6.45) is 1.63. The first-order valence-electron chi connectivity index (χ1n) is 6.66. The Morgan fingerprint density at radius 1 is 1.14 bits per heavy atom. The van der Waals surface area contributed by atoms with Crippen LogP contribution in [0.15, 0.2) is 65.3 Å². The van der Waals surface area contributed by atoms with Gasteiger partial charge in [-0.25, -0.2) is 4.68 Å². The average molecular weight is 357 g/mol. The minimum Gasteiger partial charge on any atom is -0.310 e. The highest BCUT2D eigenvalue weighted by molar-refractivity contribution is 9.10. The zero-order valence-electron chi connectivity index (χ0n) is 11.8. The molecule has 0 atom stereocenters. The lowest BCUT2D eigenvalue weighted by Gasteiger charge is -2.15. The van der Waals surface area contributed by atoms with Crippen molar-refractivity contribution < 1.29 is 4.79 Å². The van der Waals surface area contributed by atoms with Gasteiger partial charge in [-0.1, -0.05) is 45.4 Å². The minimum atomic E-state index is -0.201. The van der Waals surface area contributed by atoms with Crippen molar-refractivity contribution in [1.29, 1.82) is 0 Å². The lowest BCUT2D eigenvalue weighted by atomic mass is 10.3. The van der Waals surface area contributed by atoms with Gasteiger partial charge in [-0.2, -0.15) is 0 Å². The smallest absolute Gasteiger partial charge is 0.280 e. The molecule has 1 heterocycles. The molecular weight excluding hydrogens is 344 g/mol. The fraction of sp³-hybridized carbons (Fsp3) is 0.0625. The number of rotatable bonds is 3. The van der Waals surface area contributed by atoms with Gasteiger partial charge in [0.05, 0.1) is 11.9 Å². The summed E-state index contributed by atoms with van der Waals surface area (Å²) in [4.78, 5) is 14.0. The third-order valence-electron chi connectivity index (χ3n) is 3.23. The first kappa shape index (κ1) is 14.5. The molecule has 1 amide bonds. The van der Waals surface area contributed by atoms with Crippen LogP contribution in [0.25, 0.3) is 5.69 Å².